The summed E-state index contributed by atoms with van der Waals surface area (Å²) in [4.78, 5) is 0. The van der Waals surface area contributed by atoms with Crippen molar-refractivity contribution in [3.63, 3.8) is 0 Å². The Morgan fingerprint density at radius 3 is 2.86 bits per heavy atom. The van der Waals surface area contributed by atoms with E-state index in [4.69, 9.17) is 14.2 Å². The predicted molar refractivity (Wildman–Crippen MR) is 82.6 cm³/mol. The standard InChI is InChI=1S/C17H20N2O3/c1-3-21-17-7-5-14(18-19-17)9-12-8-13-4-6-15(20-2)10-16(13)22-11-12/h4-7,10,12H,3,8-9,11H2,1-2H3. The molecule has 1 aromatic carbocycles. The van der Waals surface area contributed by atoms with Crippen molar-refractivity contribution in [3.8, 4) is 17.4 Å². The molecule has 1 unspecified atom stereocenters. The van der Waals surface area contributed by atoms with E-state index in [1.54, 1.807) is 7.11 Å². The summed E-state index contributed by atoms with van der Waals surface area (Å²) in [6.45, 7) is 3.22. The summed E-state index contributed by atoms with van der Waals surface area (Å²) in [5.41, 5.74) is 2.19. The first kappa shape index (κ1) is 14.6. The zero-order valence-electron chi connectivity index (χ0n) is 12.9. The van der Waals surface area contributed by atoms with Gasteiger partial charge in [-0.1, -0.05) is 6.07 Å². The second kappa shape index (κ2) is 6.64. The van der Waals surface area contributed by atoms with Gasteiger partial charge >= 0.3 is 0 Å². The van der Waals surface area contributed by atoms with Crippen LogP contribution in [0.15, 0.2) is 30.3 Å². The second-order valence-electron chi connectivity index (χ2n) is 5.35. The summed E-state index contributed by atoms with van der Waals surface area (Å²) in [6, 6.07) is 9.84. The average molecular weight is 300 g/mol. The Kier molecular flexibility index (Phi) is 4.42. The maximum atomic E-state index is 5.86. The minimum absolute atomic E-state index is 0.410. The molecule has 0 saturated carbocycles. The molecule has 1 atom stereocenters. The van der Waals surface area contributed by atoms with E-state index in [1.807, 2.05) is 31.2 Å². The lowest BCUT2D eigenvalue weighted by atomic mass is 9.92. The molecule has 0 radical (unpaired) electrons. The number of hydrogen-bond donors (Lipinski definition) is 0. The maximum absolute atomic E-state index is 5.86. The van der Waals surface area contributed by atoms with E-state index in [1.165, 1.54) is 5.56 Å². The molecule has 22 heavy (non-hydrogen) atoms. The molecule has 116 valence electrons. The minimum atomic E-state index is 0.410. The molecule has 1 aromatic heterocycles. The molecule has 5 heteroatoms. The van der Waals surface area contributed by atoms with Crippen molar-refractivity contribution in [1.82, 2.24) is 10.2 Å². The van der Waals surface area contributed by atoms with Gasteiger partial charge in [0, 0.05) is 18.1 Å². The third kappa shape index (κ3) is 3.30. The Hall–Kier alpha value is -2.30. The Morgan fingerprint density at radius 2 is 2.14 bits per heavy atom. The van der Waals surface area contributed by atoms with E-state index in [9.17, 15) is 0 Å². The highest BCUT2D eigenvalue weighted by atomic mass is 16.5. The van der Waals surface area contributed by atoms with Crippen LogP contribution in [0.1, 0.15) is 18.2 Å². The number of aromatic nitrogens is 2. The van der Waals surface area contributed by atoms with Gasteiger partial charge in [-0.3, -0.25) is 0 Å². The quantitative estimate of drug-likeness (QED) is 0.849. The van der Waals surface area contributed by atoms with E-state index in [-0.39, 0.29) is 0 Å². The highest BCUT2D eigenvalue weighted by Crippen LogP contribution is 2.31. The molecule has 1 aliphatic heterocycles. The van der Waals surface area contributed by atoms with Gasteiger partial charge in [-0.2, -0.15) is 5.10 Å². The van der Waals surface area contributed by atoms with E-state index < -0.39 is 0 Å². The van der Waals surface area contributed by atoms with Gasteiger partial charge in [0.15, 0.2) is 0 Å². The molecule has 0 N–H and O–H groups in total. The van der Waals surface area contributed by atoms with Crippen LogP contribution in [0.5, 0.6) is 17.4 Å². The molecule has 5 nitrogen and oxygen atoms in total. The first-order valence-corrected chi connectivity index (χ1v) is 7.53. The molecule has 2 aromatic rings. The van der Waals surface area contributed by atoms with Crippen molar-refractivity contribution in [3.05, 3.63) is 41.6 Å². The summed E-state index contributed by atoms with van der Waals surface area (Å²) in [7, 11) is 1.66. The maximum Gasteiger partial charge on any atom is 0.233 e. The fourth-order valence-corrected chi connectivity index (χ4v) is 2.65. The molecular weight excluding hydrogens is 280 g/mol. The second-order valence-corrected chi connectivity index (χ2v) is 5.35. The Labute approximate surface area is 130 Å². The van der Waals surface area contributed by atoms with Crippen LogP contribution >= 0.6 is 0 Å². The van der Waals surface area contributed by atoms with Crippen molar-refractivity contribution in [1.29, 1.82) is 0 Å². The largest absolute Gasteiger partial charge is 0.497 e. The number of benzene rings is 1. The molecule has 0 amide bonds. The molecule has 0 fully saturated rings. The van der Waals surface area contributed by atoms with Crippen LogP contribution in [-0.2, 0) is 12.8 Å². The molecule has 0 saturated heterocycles. The summed E-state index contributed by atoms with van der Waals surface area (Å²) >= 11 is 0. The lowest BCUT2D eigenvalue weighted by Gasteiger charge is -2.25. The van der Waals surface area contributed by atoms with Crippen molar-refractivity contribution in [2.75, 3.05) is 20.3 Å². The SMILES string of the molecule is CCOc1ccc(CC2COc3cc(OC)ccc3C2)nn1. The summed E-state index contributed by atoms with van der Waals surface area (Å²) < 4.78 is 16.4. The zero-order valence-corrected chi connectivity index (χ0v) is 12.9. The summed E-state index contributed by atoms with van der Waals surface area (Å²) in [5.74, 6) is 2.74. The molecule has 0 aliphatic carbocycles. The normalized spacial score (nSPS) is 16.5. The molecular formula is C17H20N2O3. The number of nitrogens with zero attached hydrogens (tertiary/aromatic N) is 2. The number of fused-ring (bicyclic) bond motifs is 1. The lowest BCUT2D eigenvalue weighted by Crippen LogP contribution is -2.23. The summed E-state index contributed by atoms with van der Waals surface area (Å²) in [6.07, 6.45) is 1.83. The summed E-state index contributed by atoms with van der Waals surface area (Å²) in [5, 5.41) is 8.30. The predicted octanol–water partition coefficient (Wildman–Crippen LogP) is 2.68. The smallest absolute Gasteiger partial charge is 0.233 e. The first-order valence-electron chi connectivity index (χ1n) is 7.53. The van der Waals surface area contributed by atoms with E-state index in [0.29, 0.717) is 25.0 Å². The third-order valence-electron chi connectivity index (χ3n) is 3.74. The van der Waals surface area contributed by atoms with Crippen LogP contribution in [0.3, 0.4) is 0 Å². The Balaban J connectivity index is 1.64. The van der Waals surface area contributed by atoms with E-state index >= 15 is 0 Å². The lowest BCUT2D eigenvalue weighted by molar-refractivity contribution is 0.219. The first-order chi connectivity index (χ1) is 10.8. The molecule has 0 bridgehead atoms. The van der Waals surface area contributed by atoms with Crippen LogP contribution < -0.4 is 14.2 Å². The van der Waals surface area contributed by atoms with Crippen LogP contribution in [0.2, 0.25) is 0 Å². The van der Waals surface area contributed by atoms with Crippen molar-refractivity contribution in [2.24, 2.45) is 5.92 Å². The topological polar surface area (TPSA) is 53.5 Å². The molecule has 1 aliphatic rings. The Bertz CT molecular complexity index is 628. The van der Waals surface area contributed by atoms with Gasteiger partial charge in [-0.05, 0) is 37.5 Å². The molecule has 0 spiro atoms. The monoisotopic (exact) mass is 300 g/mol. The van der Waals surface area contributed by atoms with Gasteiger partial charge in [0.05, 0.1) is 26.0 Å². The van der Waals surface area contributed by atoms with Crippen LogP contribution in [0.25, 0.3) is 0 Å². The molecule has 2 heterocycles. The van der Waals surface area contributed by atoms with Crippen molar-refractivity contribution in [2.45, 2.75) is 19.8 Å². The average Bonchev–Trinajstić information content (AvgIpc) is 2.56. The highest BCUT2D eigenvalue weighted by molar-refractivity contribution is 5.42. The van der Waals surface area contributed by atoms with Crippen LogP contribution in [-0.4, -0.2) is 30.5 Å². The Morgan fingerprint density at radius 1 is 1.23 bits per heavy atom. The van der Waals surface area contributed by atoms with Crippen LogP contribution in [0, 0.1) is 5.92 Å². The number of ether oxygens (including phenoxy) is 3. The number of hydrogen-bond acceptors (Lipinski definition) is 5. The van der Waals surface area contributed by atoms with Crippen molar-refractivity contribution >= 4 is 0 Å². The number of methoxy groups -OCH3 is 1. The number of rotatable bonds is 5. The highest BCUT2D eigenvalue weighted by Gasteiger charge is 2.21. The molecule has 3 rings (SSSR count). The van der Waals surface area contributed by atoms with E-state index in [0.717, 1.165) is 30.0 Å². The van der Waals surface area contributed by atoms with Crippen LogP contribution in [0.4, 0.5) is 0 Å². The minimum Gasteiger partial charge on any atom is -0.497 e. The fraction of sp³-hybridized carbons (Fsp3) is 0.412. The fourth-order valence-electron chi connectivity index (χ4n) is 2.65. The van der Waals surface area contributed by atoms with Crippen molar-refractivity contribution < 1.29 is 14.2 Å². The van der Waals surface area contributed by atoms with Gasteiger partial charge in [0.2, 0.25) is 5.88 Å². The van der Waals surface area contributed by atoms with Gasteiger partial charge < -0.3 is 14.2 Å². The third-order valence-corrected chi connectivity index (χ3v) is 3.74. The van der Waals surface area contributed by atoms with Gasteiger partial charge in [-0.15, -0.1) is 5.10 Å². The van der Waals surface area contributed by atoms with Gasteiger partial charge in [0.25, 0.3) is 0 Å². The van der Waals surface area contributed by atoms with Gasteiger partial charge in [0.1, 0.15) is 11.5 Å². The van der Waals surface area contributed by atoms with E-state index in [2.05, 4.69) is 16.3 Å². The van der Waals surface area contributed by atoms with Gasteiger partial charge in [-0.25, -0.2) is 0 Å². The zero-order chi connectivity index (χ0) is 15.4.